The fraction of sp³-hybridized carbons (Fsp3) is 0.438. The van der Waals surface area contributed by atoms with Gasteiger partial charge in [0, 0.05) is 33.2 Å². The van der Waals surface area contributed by atoms with Crippen molar-refractivity contribution in [2.24, 2.45) is 7.05 Å². The Labute approximate surface area is 154 Å². The number of amides is 2. The lowest BCUT2D eigenvalue weighted by molar-refractivity contribution is 0.190. The Kier molecular flexibility index (Phi) is 4.41. The average Bonchev–Trinajstić information content (AvgIpc) is 3.30. The van der Waals surface area contributed by atoms with Gasteiger partial charge in [0.15, 0.2) is 5.82 Å². The molecule has 9 nitrogen and oxygen atoms in total. The molecular weight excluding hydrogens is 352 g/mol. The second kappa shape index (κ2) is 6.87. The van der Waals surface area contributed by atoms with Gasteiger partial charge in [0.1, 0.15) is 18.5 Å². The summed E-state index contributed by atoms with van der Waals surface area (Å²) < 4.78 is 2.91. The first-order valence-electron chi connectivity index (χ1n) is 8.46. The van der Waals surface area contributed by atoms with E-state index in [0.717, 1.165) is 34.9 Å². The molecular formula is C16H20N8OS. The molecule has 1 atom stereocenters. The van der Waals surface area contributed by atoms with E-state index in [0.29, 0.717) is 13.1 Å². The number of thiophene rings is 1. The predicted octanol–water partition coefficient (Wildman–Crippen LogP) is 1.41. The molecule has 3 aromatic rings. The highest BCUT2D eigenvalue weighted by Crippen LogP contribution is 2.28. The Morgan fingerprint density at radius 1 is 1.27 bits per heavy atom. The molecule has 3 aromatic heterocycles. The van der Waals surface area contributed by atoms with Crippen molar-refractivity contribution in [2.45, 2.75) is 13.0 Å². The highest BCUT2D eigenvalue weighted by atomic mass is 32.1. The Hall–Kier alpha value is -2.75. The fourth-order valence-electron chi connectivity index (χ4n) is 3.15. The minimum Gasteiger partial charge on any atom is -0.352 e. The SMILES string of the molecule is CC(NC(=O)N1CCN(c2ncnc3ccsc23)CC1)c1nncn1C. The van der Waals surface area contributed by atoms with Crippen molar-refractivity contribution in [1.29, 1.82) is 0 Å². The van der Waals surface area contributed by atoms with Crippen molar-refractivity contribution in [3.63, 3.8) is 0 Å². The fourth-order valence-corrected chi connectivity index (χ4v) is 4.01. The molecule has 26 heavy (non-hydrogen) atoms. The summed E-state index contributed by atoms with van der Waals surface area (Å²) in [6, 6.07) is 1.73. The molecule has 0 bridgehead atoms. The molecule has 0 saturated carbocycles. The number of rotatable bonds is 3. The van der Waals surface area contributed by atoms with Crippen LogP contribution in [0.4, 0.5) is 10.6 Å². The van der Waals surface area contributed by atoms with Crippen LogP contribution in [0.25, 0.3) is 10.2 Å². The van der Waals surface area contributed by atoms with E-state index in [9.17, 15) is 4.79 Å². The molecule has 136 valence electrons. The molecule has 0 spiro atoms. The van der Waals surface area contributed by atoms with Crippen molar-refractivity contribution < 1.29 is 4.79 Å². The third-order valence-electron chi connectivity index (χ3n) is 4.56. The van der Waals surface area contributed by atoms with Crippen LogP contribution in [0.2, 0.25) is 0 Å². The quantitative estimate of drug-likeness (QED) is 0.747. The van der Waals surface area contributed by atoms with Crippen molar-refractivity contribution in [3.05, 3.63) is 29.9 Å². The number of nitrogens with one attached hydrogen (secondary N) is 1. The van der Waals surface area contributed by atoms with E-state index in [1.807, 2.05) is 34.9 Å². The monoisotopic (exact) mass is 372 g/mol. The molecule has 4 rings (SSSR count). The summed E-state index contributed by atoms with van der Waals surface area (Å²) in [5.74, 6) is 1.69. The van der Waals surface area contributed by atoms with Gasteiger partial charge in [-0.05, 0) is 18.4 Å². The molecule has 2 amide bonds. The standard InChI is InChI=1S/C16H20N8OS/c1-11(14-21-19-10-22(14)2)20-16(25)24-6-4-23(5-7-24)15-13-12(3-8-26-13)17-9-18-15/h3,8-11H,4-7H2,1-2H3,(H,20,25). The van der Waals surface area contributed by atoms with Crippen molar-refractivity contribution >= 4 is 33.4 Å². The third-order valence-corrected chi connectivity index (χ3v) is 5.46. The molecule has 4 heterocycles. The van der Waals surface area contributed by atoms with E-state index in [1.165, 1.54) is 0 Å². The molecule has 0 radical (unpaired) electrons. The van der Waals surface area contributed by atoms with E-state index in [4.69, 9.17) is 0 Å². The molecule has 1 aliphatic rings. The number of anilines is 1. The summed E-state index contributed by atoms with van der Waals surface area (Å²) in [5, 5.41) is 12.9. The Morgan fingerprint density at radius 3 is 2.81 bits per heavy atom. The van der Waals surface area contributed by atoms with Gasteiger partial charge >= 0.3 is 6.03 Å². The number of carbonyl (C=O) groups is 1. The van der Waals surface area contributed by atoms with Gasteiger partial charge in [0.2, 0.25) is 0 Å². The van der Waals surface area contributed by atoms with Crippen molar-refractivity contribution in [1.82, 2.24) is 34.9 Å². The van der Waals surface area contributed by atoms with E-state index in [1.54, 1.807) is 24.0 Å². The van der Waals surface area contributed by atoms with Gasteiger partial charge in [-0.3, -0.25) is 0 Å². The largest absolute Gasteiger partial charge is 0.352 e. The second-order valence-corrected chi connectivity index (χ2v) is 7.19. The molecule has 1 saturated heterocycles. The van der Waals surface area contributed by atoms with Crippen LogP contribution in [0.5, 0.6) is 0 Å². The highest BCUT2D eigenvalue weighted by Gasteiger charge is 2.25. The molecule has 1 fully saturated rings. The normalized spacial score (nSPS) is 16.1. The van der Waals surface area contributed by atoms with Gasteiger partial charge in [0.05, 0.1) is 16.3 Å². The van der Waals surface area contributed by atoms with Crippen LogP contribution in [0.15, 0.2) is 24.1 Å². The predicted molar refractivity (Wildman–Crippen MR) is 99.2 cm³/mol. The van der Waals surface area contributed by atoms with E-state index >= 15 is 0 Å². The maximum Gasteiger partial charge on any atom is 0.318 e. The van der Waals surface area contributed by atoms with E-state index < -0.39 is 0 Å². The van der Waals surface area contributed by atoms with Gasteiger partial charge in [-0.15, -0.1) is 21.5 Å². The lowest BCUT2D eigenvalue weighted by Gasteiger charge is -2.35. The van der Waals surface area contributed by atoms with Gasteiger partial charge in [-0.2, -0.15) is 0 Å². The Bertz CT molecular complexity index is 914. The molecule has 1 aliphatic heterocycles. The number of hydrogen-bond donors (Lipinski definition) is 1. The van der Waals surface area contributed by atoms with Crippen molar-refractivity contribution in [3.8, 4) is 0 Å². The maximum absolute atomic E-state index is 12.5. The minimum atomic E-state index is -0.194. The van der Waals surface area contributed by atoms with Crippen molar-refractivity contribution in [2.75, 3.05) is 31.1 Å². The van der Waals surface area contributed by atoms with E-state index in [-0.39, 0.29) is 12.1 Å². The molecule has 10 heteroatoms. The summed E-state index contributed by atoms with van der Waals surface area (Å²) in [5.41, 5.74) is 0.970. The first-order valence-corrected chi connectivity index (χ1v) is 9.34. The van der Waals surface area contributed by atoms with Crippen LogP contribution < -0.4 is 10.2 Å². The lowest BCUT2D eigenvalue weighted by atomic mass is 10.3. The maximum atomic E-state index is 12.5. The molecule has 1 unspecified atom stereocenters. The number of aryl methyl sites for hydroxylation is 1. The summed E-state index contributed by atoms with van der Waals surface area (Å²) in [4.78, 5) is 25.3. The summed E-state index contributed by atoms with van der Waals surface area (Å²) in [6.45, 7) is 4.70. The summed E-state index contributed by atoms with van der Waals surface area (Å²) in [6.07, 6.45) is 3.23. The zero-order valence-corrected chi connectivity index (χ0v) is 15.5. The van der Waals surface area contributed by atoms with Gasteiger partial charge in [-0.1, -0.05) is 0 Å². The molecule has 0 aromatic carbocycles. The van der Waals surface area contributed by atoms with Crippen LogP contribution in [-0.2, 0) is 7.05 Å². The van der Waals surface area contributed by atoms with Crippen LogP contribution >= 0.6 is 11.3 Å². The van der Waals surface area contributed by atoms with Gasteiger partial charge in [0.25, 0.3) is 0 Å². The zero-order valence-electron chi connectivity index (χ0n) is 14.7. The van der Waals surface area contributed by atoms with Gasteiger partial charge < -0.3 is 19.7 Å². The number of carbonyl (C=O) groups excluding carboxylic acids is 1. The highest BCUT2D eigenvalue weighted by molar-refractivity contribution is 7.17. The topological polar surface area (TPSA) is 92.1 Å². The zero-order chi connectivity index (χ0) is 18.1. The first-order chi connectivity index (χ1) is 12.6. The Morgan fingerprint density at radius 2 is 2.08 bits per heavy atom. The van der Waals surface area contributed by atoms with Crippen LogP contribution in [0.3, 0.4) is 0 Å². The lowest BCUT2D eigenvalue weighted by Crippen LogP contribution is -2.52. The number of urea groups is 1. The average molecular weight is 372 g/mol. The molecule has 0 aliphatic carbocycles. The summed E-state index contributed by atoms with van der Waals surface area (Å²) in [7, 11) is 1.86. The summed E-state index contributed by atoms with van der Waals surface area (Å²) >= 11 is 1.65. The number of piperazine rings is 1. The number of hydrogen-bond acceptors (Lipinski definition) is 7. The Balaban J connectivity index is 1.38. The second-order valence-electron chi connectivity index (χ2n) is 6.28. The van der Waals surface area contributed by atoms with Gasteiger partial charge in [-0.25, -0.2) is 14.8 Å². The van der Waals surface area contributed by atoms with Crippen LogP contribution in [0, 0.1) is 0 Å². The van der Waals surface area contributed by atoms with E-state index in [2.05, 4.69) is 30.4 Å². The minimum absolute atomic E-state index is 0.0795. The van der Waals surface area contributed by atoms with Crippen LogP contribution in [-0.4, -0.2) is 61.8 Å². The third kappa shape index (κ3) is 3.07. The smallest absolute Gasteiger partial charge is 0.318 e. The number of fused-ring (bicyclic) bond motifs is 1. The molecule has 1 N–H and O–H groups in total. The number of aromatic nitrogens is 5. The first kappa shape index (κ1) is 16.7. The van der Waals surface area contributed by atoms with Crippen LogP contribution in [0.1, 0.15) is 18.8 Å². The number of nitrogens with zero attached hydrogens (tertiary/aromatic N) is 7.